The Bertz CT molecular complexity index is 3950. The van der Waals surface area contributed by atoms with Gasteiger partial charge in [-0.3, -0.25) is 67.3 Å². The van der Waals surface area contributed by atoms with E-state index in [4.69, 9.17) is 19.2 Å². The molecule has 27 heteroatoms. The van der Waals surface area contributed by atoms with E-state index in [1.165, 1.54) is 59.7 Å². The number of hydrogen-bond acceptors (Lipinski definition) is 21. The van der Waals surface area contributed by atoms with Crippen LogP contribution < -0.4 is 5.32 Å². The highest BCUT2D eigenvalue weighted by atomic mass is 32.2. The van der Waals surface area contributed by atoms with Crippen LogP contribution in [0.4, 0.5) is 0 Å². The molecular formula is C92H141N9O15S3. The number of hydrazine groups is 1. The van der Waals surface area contributed by atoms with Crippen LogP contribution in [0.2, 0.25) is 0 Å². The number of Topliss-reactive ketones (excluding diaryl/α,β-unsaturated/α-hetero) is 5. The molecule has 1 N–H and O–H groups in total. The molecule has 3 aromatic rings. The van der Waals surface area contributed by atoms with Crippen LogP contribution in [0.25, 0.3) is 0 Å². The van der Waals surface area contributed by atoms with Crippen molar-refractivity contribution in [2.24, 2.45) is 53.3 Å². The summed E-state index contributed by atoms with van der Waals surface area (Å²) in [5.41, 5.74) is 2.17. The first-order valence-corrected chi connectivity index (χ1v) is 45.5. The third kappa shape index (κ3) is 29.2. The molecule has 0 saturated carbocycles. The summed E-state index contributed by atoms with van der Waals surface area (Å²) in [6.45, 7) is 31.8. The summed E-state index contributed by atoms with van der Waals surface area (Å²) >= 11 is 3.83. The fourth-order valence-corrected chi connectivity index (χ4v) is 17.9. The van der Waals surface area contributed by atoms with Crippen LogP contribution in [-0.4, -0.2) is 239 Å². The van der Waals surface area contributed by atoms with Crippen molar-refractivity contribution in [3.8, 4) is 0 Å². The summed E-state index contributed by atoms with van der Waals surface area (Å²) in [6.07, 6.45) is 2.88. The number of hydrogen-bond donors (Lipinski definition) is 1. The minimum atomic E-state index is -0.949. The van der Waals surface area contributed by atoms with Crippen molar-refractivity contribution in [3.63, 3.8) is 0 Å². The Kier molecular flexibility index (Phi) is 41.2. The van der Waals surface area contributed by atoms with Crippen molar-refractivity contribution in [2.45, 2.75) is 261 Å². The number of thiazole rings is 1. The number of nitrogens with zero attached hydrogens (tertiary/aromatic N) is 8. The van der Waals surface area contributed by atoms with E-state index in [0.29, 0.717) is 48.7 Å². The van der Waals surface area contributed by atoms with Gasteiger partial charge in [0.25, 0.3) is 17.7 Å². The number of esters is 1. The largest absolute Gasteiger partial charge is 0.455 e. The maximum Gasteiger partial charge on any atom is 0.303 e. The molecule has 0 spiro atoms. The lowest BCUT2D eigenvalue weighted by Gasteiger charge is -2.41. The standard InChI is InChI=1S/C92H141N9O15S3/c1-26-61(9)71(52-81(107)92(16,17)96(20)21)90(113)97(22)74(58(5)6)53-79(116-65(13)102)88-94-72(55-119-88)87(111)93-69(49-67-36-32-60(8)33-37-67)47-63(11)75(103)38-43-100-82(108)40-45-117-56-118-46-41-83(109)101(100)44-39-76(104)68(48-66-34-30-59(7)31-35-66)50-77(105)64(12)86(115-25)73-29-28-42-99(73)84(110)54-78(114-24)85(62(10)27-2)98(23)89(112)70(57(3)4)51-80(106)91(14,15)95(18)19/h30-37,40-41,45-46,55,57-58,61-64,68-71,73-74,78-79,85-86H,26-29,38-39,42-44,47-54,56H2,1-25H3,(H,93,111)/t61-,62?,63?,64-,68+,69+,70-,71-,73-,74+,78?,79+,85-,86+/m0/s1. The van der Waals surface area contributed by atoms with Gasteiger partial charge in [-0.2, -0.15) is 0 Å². The number of thioether (sulfide) groups is 2. The van der Waals surface area contributed by atoms with Gasteiger partial charge in [0.2, 0.25) is 17.7 Å². The van der Waals surface area contributed by atoms with Crippen LogP contribution in [-0.2, 0) is 79.8 Å². The monoisotopic (exact) mass is 1710 g/mol. The SMILES string of the molecule is CCC(C)[C@@H](C(CC(=O)N1CCC[C@H]1[C@H](OC)[C@@H](C)C(=O)C[C@@H](Cc1ccc(C)cc1)C(=O)CCN1C(=O)C=CSCSC=CC(=O)N1CCC(=O)C(C)C[C@H](Cc1ccc(C)cc1)NC(=O)c1csc([C@@H](C[C@H](C(C)C)N(C)C(=O)[C@@H](CC(=O)C(C)(C)N(C)C)[C@@H](C)CC)OC(C)=O)n1)OC)N(C)C(=O)[C@@H](CC(=O)C(C)(C)N(C)C)C(C)C. The molecule has 2 aliphatic rings. The maximum atomic E-state index is 15.2. The Hall–Kier alpha value is -7.27. The molecule has 1 fully saturated rings. The zero-order valence-corrected chi connectivity index (χ0v) is 78.3. The first-order chi connectivity index (χ1) is 55.9. The van der Waals surface area contributed by atoms with Crippen LogP contribution in [0.3, 0.4) is 0 Å². The van der Waals surface area contributed by atoms with E-state index in [-0.39, 0.29) is 147 Å². The Morgan fingerprint density at radius 1 is 0.622 bits per heavy atom. The molecule has 5 rings (SSSR count). The van der Waals surface area contributed by atoms with Crippen molar-refractivity contribution < 1.29 is 71.7 Å². The normalized spacial score (nSPS) is 17.8. The zero-order chi connectivity index (χ0) is 89.2. The number of likely N-dealkylation sites (N-methyl/N-ethyl adjacent to an activating group) is 3. The molecule has 0 radical (unpaired) electrons. The molecule has 0 bridgehead atoms. The minimum Gasteiger partial charge on any atom is -0.455 e. The van der Waals surface area contributed by atoms with Gasteiger partial charge >= 0.3 is 5.97 Å². The first-order valence-electron chi connectivity index (χ1n) is 42.5. The van der Waals surface area contributed by atoms with E-state index in [2.05, 4.69) is 5.32 Å². The van der Waals surface area contributed by atoms with E-state index in [0.717, 1.165) is 33.6 Å². The lowest BCUT2D eigenvalue weighted by Crippen LogP contribution is -2.54. The quantitative estimate of drug-likeness (QED) is 0.0514. The smallest absolute Gasteiger partial charge is 0.303 e. The summed E-state index contributed by atoms with van der Waals surface area (Å²) < 4.78 is 18.4. The Labute approximate surface area is 722 Å². The summed E-state index contributed by atoms with van der Waals surface area (Å²) in [7, 11) is 13.9. The molecule has 1 aromatic heterocycles. The van der Waals surface area contributed by atoms with Gasteiger partial charge in [-0.1, -0.05) is 142 Å². The number of amides is 6. The summed E-state index contributed by atoms with van der Waals surface area (Å²) in [4.78, 5) is 187. The van der Waals surface area contributed by atoms with E-state index in [1.54, 1.807) is 65.9 Å². The van der Waals surface area contributed by atoms with Crippen molar-refractivity contribution in [1.82, 2.24) is 44.8 Å². The lowest BCUT2D eigenvalue weighted by atomic mass is 9.81. The molecule has 24 nitrogen and oxygen atoms in total. The minimum absolute atomic E-state index is 0.0496. The van der Waals surface area contributed by atoms with E-state index in [9.17, 15) is 47.9 Å². The Balaban J connectivity index is 1.38. The van der Waals surface area contributed by atoms with Gasteiger partial charge in [-0.05, 0) is 147 Å². The molecule has 119 heavy (non-hydrogen) atoms. The van der Waals surface area contributed by atoms with Gasteiger partial charge in [0.1, 0.15) is 28.1 Å². The molecule has 6 amide bonds. The van der Waals surface area contributed by atoms with Gasteiger partial charge in [0.05, 0.1) is 41.8 Å². The predicted molar refractivity (Wildman–Crippen MR) is 474 cm³/mol. The van der Waals surface area contributed by atoms with Crippen LogP contribution in [0, 0.1) is 67.1 Å². The van der Waals surface area contributed by atoms with Crippen LogP contribution in [0.1, 0.15) is 225 Å². The molecule has 3 heterocycles. The Morgan fingerprint density at radius 3 is 1.62 bits per heavy atom. The second-order valence-corrected chi connectivity index (χ2v) is 38.3. The second kappa shape index (κ2) is 48.0. The molecule has 2 aliphatic heterocycles. The molecular weight excluding hydrogens is 1570 g/mol. The van der Waals surface area contributed by atoms with Gasteiger partial charge in [0, 0.05) is 158 Å². The molecule has 3 unspecified atom stereocenters. The third-order valence-corrected chi connectivity index (χ3v) is 27.9. The average molecular weight is 1710 g/mol. The number of ketones is 5. The topological polar surface area (TPSA) is 280 Å². The van der Waals surface area contributed by atoms with Crippen molar-refractivity contribution >= 4 is 105 Å². The summed E-state index contributed by atoms with van der Waals surface area (Å²) in [5.74, 6) is -8.04. The number of rotatable bonds is 48. The molecule has 662 valence electrons. The molecule has 2 aromatic carbocycles. The predicted octanol–water partition coefficient (Wildman–Crippen LogP) is 13.8. The third-order valence-electron chi connectivity index (χ3n) is 25.3. The highest BCUT2D eigenvalue weighted by Gasteiger charge is 2.46. The van der Waals surface area contributed by atoms with E-state index in [1.807, 2.05) is 183 Å². The highest BCUT2D eigenvalue weighted by molar-refractivity contribution is 8.18. The maximum absolute atomic E-state index is 15.2. The first kappa shape index (κ1) is 102. The van der Waals surface area contributed by atoms with Crippen molar-refractivity contribution in [3.05, 3.63) is 110 Å². The average Bonchev–Trinajstić information content (AvgIpc) is 0.860. The zero-order valence-electron chi connectivity index (χ0n) is 75.9. The van der Waals surface area contributed by atoms with E-state index < -0.39 is 107 Å². The summed E-state index contributed by atoms with van der Waals surface area (Å²) in [5, 5.41) is 11.2. The number of ether oxygens (including phenoxy) is 3. The lowest BCUT2D eigenvalue weighted by molar-refractivity contribution is -0.159. The van der Waals surface area contributed by atoms with Crippen LogP contribution in [0.5, 0.6) is 0 Å². The molecule has 0 aliphatic carbocycles. The second-order valence-electron chi connectivity index (χ2n) is 35.2. The van der Waals surface area contributed by atoms with Crippen LogP contribution in [0.15, 0.2) is 76.9 Å². The number of aryl methyl sites for hydroxylation is 2. The molecule has 14 atom stereocenters. The number of carbonyl (C=O) groups is 12. The molecule has 1 saturated heterocycles. The van der Waals surface area contributed by atoms with Gasteiger partial charge in [-0.25, -0.2) is 15.0 Å². The van der Waals surface area contributed by atoms with Gasteiger partial charge in [-0.15, -0.1) is 34.9 Å². The number of benzene rings is 2. The van der Waals surface area contributed by atoms with Crippen molar-refractivity contribution in [1.29, 1.82) is 0 Å². The fourth-order valence-electron chi connectivity index (χ4n) is 15.7. The number of methoxy groups -OCH3 is 2. The van der Waals surface area contributed by atoms with Crippen molar-refractivity contribution in [2.75, 3.05) is 81.2 Å². The number of aromatic nitrogens is 1. The van der Waals surface area contributed by atoms with Crippen LogP contribution >= 0.6 is 34.9 Å². The number of nitrogens with one attached hydrogen (secondary N) is 1. The summed E-state index contributed by atoms with van der Waals surface area (Å²) in [6, 6.07) is 13.4. The number of carbonyl (C=O) groups excluding carboxylic acids is 12. The Morgan fingerprint density at radius 2 is 1.13 bits per heavy atom. The highest BCUT2D eigenvalue weighted by Crippen LogP contribution is 2.37. The van der Waals surface area contributed by atoms with E-state index >= 15 is 9.59 Å². The van der Waals surface area contributed by atoms with Gasteiger partial charge < -0.3 is 34.2 Å². The fraction of sp³-hybridized carbons (Fsp3) is 0.663. The number of likely N-dealkylation sites (tertiary alicyclic amines) is 1. The van der Waals surface area contributed by atoms with Gasteiger partial charge in [0.15, 0.2) is 17.7 Å².